The molecule has 0 saturated heterocycles. The van der Waals surface area contributed by atoms with E-state index in [4.69, 9.17) is 4.74 Å². The third-order valence-electron chi connectivity index (χ3n) is 4.09. The second kappa shape index (κ2) is 8.38. The van der Waals surface area contributed by atoms with Gasteiger partial charge in [-0.3, -0.25) is 4.79 Å². The van der Waals surface area contributed by atoms with E-state index in [0.717, 1.165) is 0 Å². The third kappa shape index (κ3) is 4.86. The van der Waals surface area contributed by atoms with Crippen LogP contribution in [0, 0.1) is 13.8 Å². The summed E-state index contributed by atoms with van der Waals surface area (Å²) in [7, 11) is 0. The Bertz CT molecular complexity index is 686. The van der Waals surface area contributed by atoms with Gasteiger partial charge in [0.2, 0.25) is 0 Å². The number of rotatable bonds is 6. The molecule has 7 heteroatoms. The number of hydrogen-bond donors (Lipinski definition) is 2. The molecule has 0 aliphatic carbocycles. The predicted molar refractivity (Wildman–Crippen MR) is 101 cm³/mol. The summed E-state index contributed by atoms with van der Waals surface area (Å²) in [6, 6.07) is -0.956. The second-order valence-electron chi connectivity index (χ2n) is 7.35. The van der Waals surface area contributed by atoms with E-state index >= 15 is 0 Å². The molecule has 146 valence electrons. The molecule has 0 saturated carbocycles. The van der Waals surface area contributed by atoms with E-state index in [1.165, 1.54) is 4.90 Å². The number of nitrogens with zero attached hydrogens (tertiary/aromatic N) is 1. The third-order valence-corrected chi connectivity index (χ3v) is 4.09. The van der Waals surface area contributed by atoms with Crippen molar-refractivity contribution in [1.29, 1.82) is 0 Å². The van der Waals surface area contributed by atoms with Gasteiger partial charge in [-0.25, -0.2) is 9.59 Å². The van der Waals surface area contributed by atoms with Crippen LogP contribution in [-0.4, -0.2) is 52.4 Å². The van der Waals surface area contributed by atoms with Gasteiger partial charge in [0.1, 0.15) is 5.69 Å². The van der Waals surface area contributed by atoms with Gasteiger partial charge in [0.25, 0.3) is 0 Å². The number of ketones is 1. The lowest BCUT2D eigenvalue weighted by Crippen LogP contribution is -2.53. The lowest BCUT2D eigenvalue weighted by molar-refractivity contribution is 0.0519. The summed E-state index contributed by atoms with van der Waals surface area (Å²) in [6.45, 7) is 15.0. The average Bonchev–Trinajstić information content (AvgIpc) is 2.80. The highest BCUT2D eigenvalue weighted by Gasteiger charge is 2.31. The van der Waals surface area contributed by atoms with Crippen LogP contribution < -0.4 is 5.32 Å². The van der Waals surface area contributed by atoms with Crippen LogP contribution in [0.1, 0.15) is 73.6 Å². The number of carbonyl (C=O) groups is 3. The first-order valence-electron chi connectivity index (χ1n) is 8.93. The molecule has 0 radical (unpaired) electrons. The second-order valence-corrected chi connectivity index (χ2v) is 7.35. The highest BCUT2D eigenvalue weighted by atomic mass is 16.5. The van der Waals surface area contributed by atoms with Gasteiger partial charge >= 0.3 is 12.0 Å². The van der Waals surface area contributed by atoms with Gasteiger partial charge in [0.05, 0.1) is 12.6 Å². The molecule has 1 aromatic heterocycles. The number of nitrogens with one attached hydrogen (secondary N) is 2. The zero-order valence-corrected chi connectivity index (χ0v) is 17.1. The van der Waals surface area contributed by atoms with Crippen molar-refractivity contribution in [2.75, 3.05) is 13.2 Å². The molecule has 0 aliphatic rings. The van der Waals surface area contributed by atoms with Gasteiger partial charge in [-0.2, -0.15) is 0 Å². The van der Waals surface area contributed by atoms with Crippen molar-refractivity contribution >= 4 is 17.8 Å². The van der Waals surface area contributed by atoms with Gasteiger partial charge in [-0.1, -0.05) is 0 Å². The lowest BCUT2D eigenvalue weighted by atomic mass is 10.00. The summed E-state index contributed by atoms with van der Waals surface area (Å²) >= 11 is 0. The van der Waals surface area contributed by atoms with Crippen LogP contribution in [0.4, 0.5) is 4.79 Å². The van der Waals surface area contributed by atoms with Crippen molar-refractivity contribution in [3.05, 3.63) is 22.5 Å². The van der Waals surface area contributed by atoms with Crippen molar-refractivity contribution in [3.63, 3.8) is 0 Å². The molecule has 26 heavy (non-hydrogen) atoms. The zero-order valence-electron chi connectivity index (χ0n) is 17.1. The Morgan fingerprint density at radius 3 is 2.23 bits per heavy atom. The number of aryl methyl sites for hydroxylation is 1. The van der Waals surface area contributed by atoms with E-state index in [1.54, 1.807) is 27.7 Å². The van der Waals surface area contributed by atoms with Gasteiger partial charge in [0.15, 0.2) is 5.78 Å². The molecule has 2 N–H and O–H groups in total. The topological polar surface area (TPSA) is 91.5 Å². The fourth-order valence-electron chi connectivity index (χ4n) is 2.86. The van der Waals surface area contributed by atoms with Crippen LogP contribution in [-0.2, 0) is 4.74 Å². The van der Waals surface area contributed by atoms with Crippen molar-refractivity contribution in [1.82, 2.24) is 15.2 Å². The number of urea groups is 1. The molecule has 0 aliphatic heterocycles. The minimum absolute atomic E-state index is 0.210. The summed E-state index contributed by atoms with van der Waals surface area (Å²) in [5.41, 5.74) is 1.45. The molecule has 1 heterocycles. The monoisotopic (exact) mass is 365 g/mol. The first-order chi connectivity index (χ1) is 11.9. The quantitative estimate of drug-likeness (QED) is 0.598. The van der Waals surface area contributed by atoms with Gasteiger partial charge in [0, 0.05) is 23.3 Å². The van der Waals surface area contributed by atoms with Crippen LogP contribution in [0.5, 0.6) is 0 Å². The highest BCUT2D eigenvalue weighted by Crippen LogP contribution is 2.22. The predicted octanol–water partition coefficient (Wildman–Crippen LogP) is 3.21. The molecule has 0 aromatic carbocycles. The first-order valence-corrected chi connectivity index (χ1v) is 8.93. The SMILES string of the molecule is CCOC(=O)c1[nH]c(C)c(C(=O)[C@@H](C)N(CC)C(=O)NC(C)(C)C)c1C. The largest absolute Gasteiger partial charge is 0.461 e. The number of aromatic amines is 1. The Balaban J connectivity index is 3.14. The van der Waals surface area contributed by atoms with Crippen molar-refractivity contribution in [3.8, 4) is 0 Å². The maximum atomic E-state index is 13.1. The van der Waals surface area contributed by atoms with Crippen molar-refractivity contribution in [2.45, 2.75) is 67.0 Å². The maximum Gasteiger partial charge on any atom is 0.355 e. The minimum atomic E-state index is -0.661. The maximum absolute atomic E-state index is 13.1. The summed E-state index contributed by atoms with van der Waals surface area (Å²) in [4.78, 5) is 42.0. The summed E-state index contributed by atoms with van der Waals surface area (Å²) < 4.78 is 5.02. The van der Waals surface area contributed by atoms with Crippen molar-refractivity contribution < 1.29 is 19.1 Å². The van der Waals surface area contributed by atoms with E-state index in [0.29, 0.717) is 23.4 Å². The number of ether oxygens (including phenoxy) is 1. The molecule has 0 spiro atoms. The van der Waals surface area contributed by atoms with E-state index in [1.807, 2.05) is 27.7 Å². The number of Topliss-reactive ketones (excluding diaryl/α,β-unsaturated/α-hetero) is 1. The Morgan fingerprint density at radius 2 is 1.77 bits per heavy atom. The van der Waals surface area contributed by atoms with Crippen LogP contribution >= 0.6 is 0 Å². The Hall–Kier alpha value is -2.31. The first kappa shape index (κ1) is 21.7. The van der Waals surface area contributed by atoms with Gasteiger partial charge < -0.3 is 19.9 Å². The number of amides is 2. The number of likely N-dealkylation sites (N-methyl/N-ethyl adjacent to an activating group) is 1. The zero-order chi connectivity index (χ0) is 20.2. The Kier molecular flexibility index (Phi) is 7.00. The standard InChI is InChI=1S/C19H31N3O4/c1-9-22(18(25)21-19(6,7)8)13(5)16(23)14-11(3)15(20-12(14)4)17(24)26-10-2/h13,20H,9-10H2,1-8H3,(H,21,25)/t13-/m1/s1. The van der Waals surface area contributed by atoms with Crippen LogP contribution in [0.15, 0.2) is 0 Å². The Morgan fingerprint density at radius 1 is 1.19 bits per heavy atom. The van der Waals surface area contributed by atoms with Crippen LogP contribution in [0.2, 0.25) is 0 Å². The van der Waals surface area contributed by atoms with Gasteiger partial charge in [-0.05, 0) is 61.0 Å². The molecule has 1 rings (SSSR count). The molecule has 7 nitrogen and oxygen atoms in total. The van der Waals surface area contributed by atoms with Crippen LogP contribution in [0.3, 0.4) is 0 Å². The van der Waals surface area contributed by atoms with E-state index in [2.05, 4.69) is 10.3 Å². The molecule has 2 amide bonds. The summed E-state index contributed by atoms with van der Waals surface area (Å²) in [5.74, 6) is -0.699. The van der Waals surface area contributed by atoms with Gasteiger partial charge in [-0.15, -0.1) is 0 Å². The normalized spacial score (nSPS) is 12.5. The molecule has 1 aromatic rings. The molecular weight excluding hydrogens is 334 g/mol. The molecule has 0 fully saturated rings. The molecule has 1 atom stereocenters. The number of H-pyrrole nitrogens is 1. The Labute approximate surface area is 155 Å². The summed E-state index contributed by atoms with van der Waals surface area (Å²) in [5, 5.41) is 2.88. The van der Waals surface area contributed by atoms with Crippen LogP contribution in [0.25, 0.3) is 0 Å². The molecule has 0 bridgehead atoms. The fourth-order valence-corrected chi connectivity index (χ4v) is 2.86. The summed E-state index contributed by atoms with van der Waals surface area (Å²) in [6.07, 6.45) is 0. The molecule has 0 unspecified atom stereocenters. The number of carbonyl (C=O) groups excluding carboxylic acids is 3. The van der Waals surface area contributed by atoms with E-state index in [-0.39, 0.29) is 24.1 Å². The molecular formula is C19H31N3O4. The average molecular weight is 365 g/mol. The number of esters is 1. The van der Waals surface area contributed by atoms with E-state index in [9.17, 15) is 14.4 Å². The number of aromatic nitrogens is 1. The highest BCUT2D eigenvalue weighted by molar-refractivity contribution is 6.06. The smallest absolute Gasteiger partial charge is 0.355 e. The number of hydrogen-bond acceptors (Lipinski definition) is 4. The minimum Gasteiger partial charge on any atom is -0.461 e. The fraction of sp³-hybridized carbons (Fsp3) is 0.632. The van der Waals surface area contributed by atoms with Crippen molar-refractivity contribution in [2.24, 2.45) is 0 Å². The lowest BCUT2D eigenvalue weighted by Gasteiger charge is -2.31. The van der Waals surface area contributed by atoms with E-state index < -0.39 is 17.6 Å².